The maximum Gasteiger partial charge on any atom is 0.146 e. The van der Waals surface area contributed by atoms with Gasteiger partial charge in [0.05, 0.1) is 11.2 Å². The van der Waals surface area contributed by atoms with Crippen LogP contribution < -0.4 is 4.90 Å². The molecular formula is C16H21N3O. The SMILES string of the molecule is CN(CC1(O)CCCC1)c1nc2c(cc1C#N)CCC2. The first kappa shape index (κ1) is 13.4. The van der Waals surface area contributed by atoms with Crippen molar-refractivity contribution in [2.45, 2.75) is 50.5 Å². The Morgan fingerprint density at radius 2 is 2.10 bits per heavy atom. The van der Waals surface area contributed by atoms with Crippen LogP contribution in [-0.4, -0.2) is 29.3 Å². The van der Waals surface area contributed by atoms with E-state index in [-0.39, 0.29) is 0 Å². The van der Waals surface area contributed by atoms with Gasteiger partial charge in [0.15, 0.2) is 0 Å². The summed E-state index contributed by atoms with van der Waals surface area (Å²) in [5, 5.41) is 19.9. The molecule has 106 valence electrons. The van der Waals surface area contributed by atoms with Gasteiger partial charge in [-0.3, -0.25) is 0 Å². The largest absolute Gasteiger partial charge is 0.388 e. The van der Waals surface area contributed by atoms with E-state index in [9.17, 15) is 10.4 Å². The van der Waals surface area contributed by atoms with Crippen LogP contribution >= 0.6 is 0 Å². The van der Waals surface area contributed by atoms with Crippen molar-refractivity contribution in [2.75, 3.05) is 18.5 Å². The third kappa shape index (κ3) is 2.38. The Labute approximate surface area is 120 Å². The average molecular weight is 271 g/mol. The van der Waals surface area contributed by atoms with Crippen LogP contribution in [0.5, 0.6) is 0 Å². The van der Waals surface area contributed by atoms with E-state index < -0.39 is 5.60 Å². The summed E-state index contributed by atoms with van der Waals surface area (Å²) in [6.45, 7) is 0.563. The number of nitrogens with zero attached hydrogens (tertiary/aromatic N) is 3. The van der Waals surface area contributed by atoms with E-state index in [2.05, 4.69) is 11.1 Å². The highest BCUT2D eigenvalue weighted by atomic mass is 16.3. The zero-order chi connectivity index (χ0) is 14.2. The number of fused-ring (bicyclic) bond motifs is 1. The van der Waals surface area contributed by atoms with Crippen LogP contribution in [0.1, 0.15) is 48.9 Å². The van der Waals surface area contributed by atoms with E-state index in [0.717, 1.165) is 56.5 Å². The number of hydrogen-bond acceptors (Lipinski definition) is 4. The highest BCUT2D eigenvalue weighted by Crippen LogP contribution is 2.32. The summed E-state index contributed by atoms with van der Waals surface area (Å²) in [5.41, 5.74) is 2.37. The van der Waals surface area contributed by atoms with E-state index in [4.69, 9.17) is 0 Å². The second kappa shape index (κ2) is 5.06. The number of aliphatic hydroxyl groups is 1. The monoisotopic (exact) mass is 271 g/mol. The van der Waals surface area contributed by atoms with Gasteiger partial charge in [-0.05, 0) is 43.7 Å². The standard InChI is InChI=1S/C16H21N3O/c1-19(11-16(20)7-2-3-8-16)15-13(10-17)9-12-5-4-6-14(12)18-15/h9,20H,2-8,11H2,1H3. The number of pyridine rings is 1. The van der Waals surface area contributed by atoms with Gasteiger partial charge in [0.2, 0.25) is 0 Å². The molecule has 4 heteroatoms. The van der Waals surface area contributed by atoms with Crippen molar-refractivity contribution in [1.29, 1.82) is 5.26 Å². The third-order valence-electron chi connectivity index (χ3n) is 4.58. The number of nitriles is 1. The summed E-state index contributed by atoms with van der Waals surface area (Å²) in [4.78, 5) is 6.65. The second-order valence-corrected chi connectivity index (χ2v) is 6.22. The molecule has 0 amide bonds. The Morgan fingerprint density at radius 1 is 1.35 bits per heavy atom. The molecule has 3 rings (SSSR count). The maximum atomic E-state index is 10.5. The van der Waals surface area contributed by atoms with Crippen LogP contribution in [0.4, 0.5) is 5.82 Å². The molecule has 0 atom stereocenters. The van der Waals surface area contributed by atoms with Crippen LogP contribution in [0.2, 0.25) is 0 Å². The number of aromatic nitrogens is 1. The number of anilines is 1. The van der Waals surface area contributed by atoms with Crippen LogP contribution in [-0.2, 0) is 12.8 Å². The number of rotatable bonds is 3. The fourth-order valence-electron chi connectivity index (χ4n) is 3.54. The van der Waals surface area contributed by atoms with E-state index in [1.807, 2.05) is 18.0 Å². The molecule has 0 spiro atoms. The lowest BCUT2D eigenvalue weighted by Crippen LogP contribution is -2.40. The molecule has 1 heterocycles. The first-order valence-electron chi connectivity index (χ1n) is 7.48. The molecule has 1 saturated carbocycles. The Bertz CT molecular complexity index is 556. The molecular weight excluding hydrogens is 250 g/mol. The maximum absolute atomic E-state index is 10.5. The minimum Gasteiger partial charge on any atom is -0.388 e. The van der Waals surface area contributed by atoms with Crippen molar-refractivity contribution in [2.24, 2.45) is 0 Å². The number of hydrogen-bond donors (Lipinski definition) is 1. The highest BCUT2D eigenvalue weighted by molar-refractivity contribution is 5.56. The molecule has 1 aromatic heterocycles. The lowest BCUT2D eigenvalue weighted by molar-refractivity contribution is 0.0558. The summed E-state index contributed by atoms with van der Waals surface area (Å²) in [5.74, 6) is 0.730. The predicted octanol–water partition coefficient (Wildman–Crippen LogP) is 2.18. The summed E-state index contributed by atoms with van der Waals surface area (Å²) >= 11 is 0. The number of likely N-dealkylation sites (N-methyl/N-ethyl adjacent to an activating group) is 1. The summed E-state index contributed by atoms with van der Waals surface area (Å²) in [7, 11) is 1.93. The summed E-state index contributed by atoms with van der Waals surface area (Å²) < 4.78 is 0. The molecule has 0 unspecified atom stereocenters. The summed E-state index contributed by atoms with van der Waals surface area (Å²) in [6, 6.07) is 4.24. The predicted molar refractivity (Wildman–Crippen MR) is 77.7 cm³/mol. The molecule has 0 aromatic carbocycles. The van der Waals surface area contributed by atoms with Crippen molar-refractivity contribution < 1.29 is 5.11 Å². The van der Waals surface area contributed by atoms with Gasteiger partial charge in [0.25, 0.3) is 0 Å². The topological polar surface area (TPSA) is 60.1 Å². The molecule has 2 aliphatic rings. The fraction of sp³-hybridized carbons (Fsp3) is 0.625. The van der Waals surface area contributed by atoms with Crippen molar-refractivity contribution in [3.05, 3.63) is 22.9 Å². The Kier molecular flexibility index (Phi) is 3.39. The third-order valence-corrected chi connectivity index (χ3v) is 4.58. The van der Waals surface area contributed by atoms with Crippen LogP contribution in [0, 0.1) is 11.3 Å². The Morgan fingerprint density at radius 3 is 2.80 bits per heavy atom. The van der Waals surface area contributed by atoms with Gasteiger partial charge in [0.1, 0.15) is 11.9 Å². The fourth-order valence-corrected chi connectivity index (χ4v) is 3.54. The normalized spacial score (nSPS) is 19.6. The molecule has 1 aromatic rings. The summed E-state index contributed by atoms with van der Waals surface area (Å²) in [6.07, 6.45) is 7.05. The molecule has 2 aliphatic carbocycles. The Hall–Kier alpha value is -1.60. The van der Waals surface area contributed by atoms with Crippen molar-refractivity contribution >= 4 is 5.82 Å². The van der Waals surface area contributed by atoms with Gasteiger partial charge in [-0.25, -0.2) is 4.98 Å². The van der Waals surface area contributed by atoms with Gasteiger partial charge in [-0.15, -0.1) is 0 Å². The van der Waals surface area contributed by atoms with Crippen molar-refractivity contribution in [3.63, 3.8) is 0 Å². The minimum atomic E-state index is -0.609. The highest BCUT2D eigenvalue weighted by Gasteiger charge is 2.33. The zero-order valence-corrected chi connectivity index (χ0v) is 12.0. The number of aryl methyl sites for hydroxylation is 2. The average Bonchev–Trinajstić information content (AvgIpc) is 3.05. The first-order chi connectivity index (χ1) is 9.61. The molecule has 0 saturated heterocycles. The Balaban J connectivity index is 1.87. The molecule has 1 fully saturated rings. The van der Waals surface area contributed by atoms with Gasteiger partial charge < -0.3 is 10.0 Å². The molecule has 0 radical (unpaired) electrons. The molecule has 0 aliphatic heterocycles. The van der Waals surface area contributed by atoms with Gasteiger partial charge in [0, 0.05) is 19.3 Å². The quantitative estimate of drug-likeness (QED) is 0.915. The minimum absolute atomic E-state index is 0.563. The molecule has 4 nitrogen and oxygen atoms in total. The van der Waals surface area contributed by atoms with Crippen LogP contribution in [0.3, 0.4) is 0 Å². The smallest absolute Gasteiger partial charge is 0.146 e. The van der Waals surface area contributed by atoms with E-state index in [1.54, 1.807) is 0 Å². The second-order valence-electron chi connectivity index (χ2n) is 6.22. The van der Waals surface area contributed by atoms with Crippen molar-refractivity contribution in [3.8, 4) is 6.07 Å². The van der Waals surface area contributed by atoms with Gasteiger partial charge in [-0.1, -0.05) is 12.8 Å². The van der Waals surface area contributed by atoms with Crippen LogP contribution in [0.15, 0.2) is 6.07 Å². The van der Waals surface area contributed by atoms with E-state index >= 15 is 0 Å². The molecule has 0 bridgehead atoms. The van der Waals surface area contributed by atoms with E-state index in [1.165, 1.54) is 5.56 Å². The first-order valence-corrected chi connectivity index (χ1v) is 7.48. The van der Waals surface area contributed by atoms with Gasteiger partial charge >= 0.3 is 0 Å². The van der Waals surface area contributed by atoms with Crippen LogP contribution in [0.25, 0.3) is 0 Å². The van der Waals surface area contributed by atoms with Gasteiger partial charge in [-0.2, -0.15) is 5.26 Å². The molecule has 1 N–H and O–H groups in total. The molecule has 20 heavy (non-hydrogen) atoms. The van der Waals surface area contributed by atoms with Crippen molar-refractivity contribution in [1.82, 2.24) is 4.98 Å². The lowest BCUT2D eigenvalue weighted by atomic mass is 10.0. The lowest BCUT2D eigenvalue weighted by Gasteiger charge is -2.30. The van der Waals surface area contributed by atoms with E-state index in [0.29, 0.717) is 12.1 Å². The zero-order valence-electron chi connectivity index (χ0n) is 12.0.